The van der Waals surface area contributed by atoms with E-state index in [0.717, 1.165) is 25.5 Å². The number of hydrogen-bond acceptors (Lipinski definition) is 2. The minimum Gasteiger partial charge on any atom is -0.380 e. The summed E-state index contributed by atoms with van der Waals surface area (Å²) in [7, 11) is 0. The first kappa shape index (κ1) is 15.8. The van der Waals surface area contributed by atoms with Crippen LogP contribution in [0.15, 0.2) is 4.99 Å². The van der Waals surface area contributed by atoms with E-state index in [4.69, 9.17) is 11.2 Å². The first-order valence-corrected chi connectivity index (χ1v) is 6.24. The van der Waals surface area contributed by atoms with Gasteiger partial charge in [0, 0.05) is 13.2 Å². The van der Waals surface area contributed by atoms with Crippen molar-refractivity contribution >= 4 is 5.96 Å². The maximum absolute atomic E-state index is 5.47. The van der Waals surface area contributed by atoms with Gasteiger partial charge in [0.2, 0.25) is 0 Å². The van der Waals surface area contributed by atoms with E-state index in [1.54, 1.807) is 0 Å². The molecule has 0 amide bonds. The van der Waals surface area contributed by atoms with E-state index in [1.807, 2.05) is 6.92 Å². The van der Waals surface area contributed by atoms with Gasteiger partial charge in [-0.25, -0.2) is 0 Å². The number of guanidine groups is 1. The summed E-state index contributed by atoms with van der Waals surface area (Å²) in [5, 5.41) is 6.14. The van der Waals surface area contributed by atoms with Crippen LogP contribution in [0.2, 0.25) is 0 Å². The Morgan fingerprint density at radius 2 is 2.12 bits per heavy atom. The number of hydrogen-bond donors (Lipinski definition) is 2. The van der Waals surface area contributed by atoms with Gasteiger partial charge >= 0.3 is 0 Å². The molecule has 4 heteroatoms. The highest BCUT2D eigenvalue weighted by molar-refractivity contribution is 5.79. The van der Waals surface area contributed by atoms with Gasteiger partial charge in [0.05, 0.1) is 19.7 Å². The Balaban J connectivity index is 3.65. The van der Waals surface area contributed by atoms with Gasteiger partial charge in [-0.2, -0.15) is 0 Å². The Bertz CT molecular complexity index is 244. The Labute approximate surface area is 105 Å². The van der Waals surface area contributed by atoms with Crippen LogP contribution >= 0.6 is 0 Å². The van der Waals surface area contributed by atoms with Gasteiger partial charge < -0.3 is 15.4 Å². The Morgan fingerprint density at radius 3 is 2.71 bits per heavy atom. The van der Waals surface area contributed by atoms with Gasteiger partial charge in [-0.1, -0.05) is 19.8 Å². The zero-order valence-corrected chi connectivity index (χ0v) is 11.3. The summed E-state index contributed by atoms with van der Waals surface area (Å²) in [5.41, 5.74) is 0. The Hall–Kier alpha value is -1.21. The lowest BCUT2D eigenvalue weighted by Gasteiger charge is -2.09. The van der Waals surface area contributed by atoms with Gasteiger partial charge in [0.1, 0.15) is 0 Å². The molecule has 0 aromatic heterocycles. The van der Waals surface area contributed by atoms with Crippen LogP contribution in [0.3, 0.4) is 0 Å². The number of rotatable bonds is 8. The quantitative estimate of drug-likeness (QED) is 0.290. The average Bonchev–Trinajstić information content (AvgIpc) is 2.29. The molecule has 0 aromatic carbocycles. The third kappa shape index (κ3) is 11.1. The molecule has 0 fully saturated rings. The van der Waals surface area contributed by atoms with Crippen LogP contribution in [0.1, 0.15) is 27.2 Å². The van der Waals surface area contributed by atoms with Crippen molar-refractivity contribution in [2.75, 3.05) is 32.8 Å². The van der Waals surface area contributed by atoms with Crippen molar-refractivity contribution in [3.05, 3.63) is 0 Å². The lowest BCUT2D eigenvalue weighted by molar-refractivity contribution is 0.130. The van der Waals surface area contributed by atoms with Crippen molar-refractivity contribution in [1.82, 2.24) is 10.6 Å². The van der Waals surface area contributed by atoms with Gasteiger partial charge in [-0.3, -0.25) is 4.99 Å². The number of terminal acetylenes is 1. The molecule has 0 unspecified atom stereocenters. The molecule has 0 spiro atoms. The molecule has 0 bridgehead atoms. The average molecular weight is 239 g/mol. The fourth-order valence-electron chi connectivity index (χ4n) is 1.12. The number of aliphatic imine (C=N–C) groups is 1. The normalized spacial score (nSPS) is 11.4. The van der Waals surface area contributed by atoms with Crippen LogP contribution in [-0.4, -0.2) is 38.8 Å². The monoisotopic (exact) mass is 239 g/mol. The molecule has 0 atom stereocenters. The standard InChI is InChI=1S/C13H25N3O/c1-5-8-15-13(14-6-2)16-9-11-17-10-7-12(3)4/h1,12H,6-11H2,2-4H3,(H2,14,15,16). The third-order valence-electron chi connectivity index (χ3n) is 2.05. The highest BCUT2D eigenvalue weighted by atomic mass is 16.5. The Morgan fingerprint density at radius 1 is 1.35 bits per heavy atom. The van der Waals surface area contributed by atoms with Crippen molar-refractivity contribution in [1.29, 1.82) is 0 Å². The summed E-state index contributed by atoms with van der Waals surface area (Å²) in [6, 6.07) is 0. The first-order valence-electron chi connectivity index (χ1n) is 6.24. The summed E-state index contributed by atoms with van der Waals surface area (Å²) >= 11 is 0. The second-order valence-electron chi connectivity index (χ2n) is 4.11. The fraction of sp³-hybridized carbons (Fsp3) is 0.769. The molecule has 4 nitrogen and oxygen atoms in total. The van der Waals surface area contributed by atoms with Gasteiger partial charge in [0.15, 0.2) is 5.96 Å². The fourth-order valence-corrected chi connectivity index (χ4v) is 1.12. The minimum atomic E-state index is 0.486. The van der Waals surface area contributed by atoms with Crippen LogP contribution in [0.4, 0.5) is 0 Å². The van der Waals surface area contributed by atoms with E-state index in [9.17, 15) is 0 Å². The van der Waals surface area contributed by atoms with Crippen LogP contribution in [0.5, 0.6) is 0 Å². The molecular formula is C13H25N3O. The molecule has 0 heterocycles. The van der Waals surface area contributed by atoms with E-state index in [0.29, 0.717) is 25.6 Å². The largest absolute Gasteiger partial charge is 0.380 e. The smallest absolute Gasteiger partial charge is 0.192 e. The van der Waals surface area contributed by atoms with Crippen molar-refractivity contribution < 1.29 is 4.74 Å². The van der Waals surface area contributed by atoms with Crippen molar-refractivity contribution in [3.8, 4) is 12.3 Å². The summed E-state index contributed by atoms with van der Waals surface area (Å²) in [6.07, 6.45) is 6.27. The molecule has 0 radical (unpaired) electrons. The number of nitrogens with one attached hydrogen (secondary N) is 2. The zero-order valence-electron chi connectivity index (χ0n) is 11.3. The summed E-state index contributed by atoms with van der Waals surface area (Å²) in [4.78, 5) is 4.34. The van der Waals surface area contributed by atoms with E-state index >= 15 is 0 Å². The molecule has 2 N–H and O–H groups in total. The van der Waals surface area contributed by atoms with Crippen molar-refractivity contribution in [2.45, 2.75) is 27.2 Å². The SMILES string of the molecule is C#CCNC(=NCCOCCC(C)C)NCC. The zero-order chi connectivity index (χ0) is 12.9. The Kier molecular flexibility index (Phi) is 10.5. The minimum absolute atomic E-state index is 0.486. The summed E-state index contributed by atoms with van der Waals surface area (Å²) in [5.74, 6) is 3.95. The van der Waals surface area contributed by atoms with Crippen molar-refractivity contribution in [3.63, 3.8) is 0 Å². The van der Waals surface area contributed by atoms with Crippen LogP contribution < -0.4 is 10.6 Å². The lowest BCUT2D eigenvalue weighted by Crippen LogP contribution is -2.37. The van der Waals surface area contributed by atoms with E-state index < -0.39 is 0 Å². The van der Waals surface area contributed by atoms with Crippen molar-refractivity contribution in [2.24, 2.45) is 10.9 Å². The molecule has 0 saturated heterocycles. The first-order chi connectivity index (χ1) is 8.20. The molecule has 0 saturated carbocycles. The van der Waals surface area contributed by atoms with Gasteiger partial charge in [-0.05, 0) is 19.3 Å². The molecule has 17 heavy (non-hydrogen) atoms. The maximum Gasteiger partial charge on any atom is 0.192 e. The van der Waals surface area contributed by atoms with Crippen LogP contribution in [-0.2, 0) is 4.74 Å². The van der Waals surface area contributed by atoms with Gasteiger partial charge in [0.25, 0.3) is 0 Å². The predicted octanol–water partition coefficient (Wildman–Crippen LogP) is 1.24. The summed E-state index contributed by atoms with van der Waals surface area (Å²) < 4.78 is 5.47. The van der Waals surface area contributed by atoms with Gasteiger partial charge in [-0.15, -0.1) is 6.42 Å². The van der Waals surface area contributed by atoms with E-state index in [2.05, 4.69) is 35.4 Å². The van der Waals surface area contributed by atoms with E-state index in [1.165, 1.54) is 0 Å². The maximum atomic E-state index is 5.47. The van der Waals surface area contributed by atoms with E-state index in [-0.39, 0.29) is 0 Å². The molecular weight excluding hydrogens is 214 g/mol. The highest BCUT2D eigenvalue weighted by Gasteiger charge is 1.95. The predicted molar refractivity (Wildman–Crippen MR) is 73.1 cm³/mol. The third-order valence-corrected chi connectivity index (χ3v) is 2.05. The number of ether oxygens (including phenoxy) is 1. The topological polar surface area (TPSA) is 45.7 Å². The number of nitrogens with zero attached hydrogens (tertiary/aromatic N) is 1. The molecule has 0 rings (SSSR count). The molecule has 98 valence electrons. The molecule has 0 aliphatic rings. The second kappa shape index (κ2) is 11.3. The molecule has 0 aliphatic carbocycles. The second-order valence-corrected chi connectivity index (χ2v) is 4.11. The highest BCUT2D eigenvalue weighted by Crippen LogP contribution is 1.98. The summed E-state index contributed by atoms with van der Waals surface area (Å²) in [6.45, 7) is 9.82. The lowest BCUT2D eigenvalue weighted by atomic mass is 10.1. The van der Waals surface area contributed by atoms with Crippen LogP contribution in [0.25, 0.3) is 0 Å². The molecule has 0 aliphatic heterocycles. The molecule has 0 aromatic rings. The van der Waals surface area contributed by atoms with Crippen LogP contribution in [0, 0.1) is 18.3 Å².